The van der Waals surface area contributed by atoms with E-state index in [1.54, 1.807) is 0 Å². The predicted octanol–water partition coefficient (Wildman–Crippen LogP) is 8.01. The van der Waals surface area contributed by atoms with Crippen LogP contribution in [0.5, 0.6) is 0 Å². The third kappa shape index (κ3) is 4.70. The van der Waals surface area contributed by atoms with Gasteiger partial charge in [-0.1, -0.05) is 74.5 Å². The van der Waals surface area contributed by atoms with Gasteiger partial charge in [-0.15, -0.1) is 0 Å². The van der Waals surface area contributed by atoms with Crippen LogP contribution in [0.3, 0.4) is 0 Å². The van der Waals surface area contributed by atoms with Gasteiger partial charge in [-0.3, -0.25) is 0 Å². The zero-order chi connectivity index (χ0) is 22.5. The van der Waals surface area contributed by atoms with Gasteiger partial charge in [0.1, 0.15) is 0 Å². The summed E-state index contributed by atoms with van der Waals surface area (Å²) in [5.74, 6) is 0.868. The minimum Gasteiger partial charge on any atom is -0.345 e. The lowest BCUT2D eigenvalue weighted by Gasteiger charge is -2.25. The van der Waals surface area contributed by atoms with Crippen LogP contribution in [0, 0.1) is 5.92 Å². The van der Waals surface area contributed by atoms with Crippen LogP contribution in [0.4, 0.5) is 22.7 Å². The summed E-state index contributed by atoms with van der Waals surface area (Å²) in [5.41, 5.74) is 7.49. The minimum absolute atomic E-state index is 0.363. The molecule has 0 atom stereocenters. The first-order valence-corrected chi connectivity index (χ1v) is 11.3. The van der Waals surface area contributed by atoms with E-state index in [1.807, 2.05) is 0 Å². The Hall–Kier alpha value is -3.52. The van der Waals surface area contributed by atoms with Crippen molar-refractivity contribution in [3.05, 3.63) is 120 Å². The lowest BCUT2D eigenvalue weighted by Crippen LogP contribution is -2.12. The Kier molecular flexibility index (Phi) is 6.61. The SMILES string of the molecule is CC(C)C(c1ccc(N(C)c2ccccc2)cc1)c1ccc(N(C)c2ccccc2)cc1. The number of nitrogens with zero attached hydrogens (tertiary/aromatic N) is 2. The second kappa shape index (κ2) is 9.74. The zero-order valence-electron chi connectivity index (χ0n) is 19.4. The summed E-state index contributed by atoms with van der Waals surface area (Å²) in [4.78, 5) is 4.45. The van der Waals surface area contributed by atoms with Gasteiger partial charge < -0.3 is 9.80 Å². The van der Waals surface area contributed by atoms with E-state index in [0.29, 0.717) is 11.8 Å². The molecule has 4 rings (SSSR count). The van der Waals surface area contributed by atoms with E-state index in [1.165, 1.54) is 33.9 Å². The molecular weight excluding hydrogens is 388 g/mol. The molecule has 0 amide bonds. The Morgan fingerprint density at radius 2 is 0.750 bits per heavy atom. The van der Waals surface area contributed by atoms with Gasteiger partial charge in [0, 0.05) is 42.8 Å². The van der Waals surface area contributed by atoms with Gasteiger partial charge in [0.2, 0.25) is 0 Å². The molecule has 0 heterocycles. The van der Waals surface area contributed by atoms with Gasteiger partial charge in [-0.25, -0.2) is 0 Å². The number of benzene rings is 4. The third-order valence-corrected chi connectivity index (χ3v) is 6.23. The molecule has 0 aliphatic heterocycles. The van der Waals surface area contributed by atoms with E-state index in [0.717, 1.165) is 0 Å². The first kappa shape index (κ1) is 21.7. The maximum atomic E-state index is 2.30. The number of hydrogen-bond donors (Lipinski definition) is 0. The molecule has 0 saturated heterocycles. The zero-order valence-corrected chi connectivity index (χ0v) is 19.4. The van der Waals surface area contributed by atoms with Crippen LogP contribution in [-0.2, 0) is 0 Å². The van der Waals surface area contributed by atoms with Crippen LogP contribution in [0.2, 0.25) is 0 Å². The van der Waals surface area contributed by atoms with E-state index < -0.39 is 0 Å². The lowest BCUT2D eigenvalue weighted by molar-refractivity contribution is 0.564. The van der Waals surface area contributed by atoms with Gasteiger partial charge in [0.15, 0.2) is 0 Å². The summed E-state index contributed by atoms with van der Waals surface area (Å²) in [6.07, 6.45) is 0. The highest BCUT2D eigenvalue weighted by Gasteiger charge is 2.19. The van der Waals surface area contributed by atoms with Crippen LogP contribution in [-0.4, -0.2) is 14.1 Å². The van der Waals surface area contributed by atoms with Crippen molar-refractivity contribution in [2.75, 3.05) is 23.9 Å². The number of hydrogen-bond acceptors (Lipinski definition) is 2. The summed E-state index contributed by atoms with van der Waals surface area (Å²) in [5, 5.41) is 0. The van der Waals surface area contributed by atoms with E-state index in [2.05, 4.69) is 147 Å². The first-order chi connectivity index (χ1) is 15.5. The number of rotatable bonds is 7. The first-order valence-electron chi connectivity index (χ1n) is 11.3. The highest BCUT2D eigenvalue weighted by molar-refractivity contribution is 5.64. The molecular formula is C30H32N2. The second-order valence-corrected chi connectivity index (χ2v) is 8.69. The third-order valence-electron chi connectivity index (χ3n) is 6.23. The molecule has 0 aliphatic carbocycles. The molecule has 0 aliphatic rings. The Morgan fingerprint density at radius 1 is 0.438 bits per heavy atom. The topological polar surface area (TPSA) is 6.48 Å². The fraction of sp³-hybridized carbons (Fsp3) is 0.200. The Balaban J connectivity index is 1.56. The highest BCUT2D eigenvalue weighted by Crippen LogP contribution is 2.35. The summed E-state index contributed by atoms with van der Waals surface area (Å²) >= 11 is 0. The molecule has 0 bridgehead atoms. The molecule has 0 radical (unpaired) electrons. The van der Waals surface area contributed by atoms with Crippen molar-refractivity contribution in [3.8, 4) is 0 Å². The molecule has 0 saturated carbocycles. The molecule has 162 valence electrons. The quantitative estimate of drug-likeness (QED) is 0.299. The molecule has 4 aromatic carbocycles. The van der Waals surface area contributed by atoms with Gasteiger partial charge in [-0.2, -0.15) is 0 Å². The highest BCUT2D eigenvalue weighted by atomic mass is 15.1. The Morgan fingerprint density at radius 3 is 1.06 bits per heavy atom. The molecule has 0 N–H and O–H groups in total. The van der Waals surface area contributed by atoms with Crippen LogP contribution in [0.1, 0.15) is 30.9 Å². The van der Waals surface area contributed by atoms with Crippen molar-refractivity contribution in [2.45, 2.75) is 19.8 Å². The largest absolute Gasteiger partial charge is 0.345 e. The molecule has 2 nitrogen and oxygen atoms in total. The molecule has 0 fully saturated rings. The van der Waals surface area contributed by atoms with Gasteiger partial charge in [-0.05, 0) is 65.6 Å². The summed E-state index contributed by atoms with van der Waals surface area (Å²) in [7, 11) is 4.23. The normalized spacial score (nSPS) is 11.1. The van der Waals surface area contributed by atoms with E-state index in [-0.39, 0.29) is 0 Å². The van der Waals surface area contributed by atoms with Crippen LogP contribution in [0.15, 0.2) is 109 Å². The van der Waals surface area contributed by atoms with Crippen molar-refractivity contribution >= 4 is 22.7 Å². The summed E-state index contributed by atoms with van der Waals surface area (Å²) in [6, 6.07) is 39.0. The Bertz CT molecular complexity index is 1010. The van der Waals surface area contributed by atoms with Gasteiger partial charge >= 0.3 is 0 Å². The second-order valence-electron chi connectivity index (χ2n) is 8.69. The van der Waals surface area contributed by atoms with Crippen LogP contribution >= 0.6 is 0 Å². The summed E-state index contributed by atoms with van der Waals surface area (Å²) in [6.45, 7) is 4.61. The number of anilines is 4. The average molecular weight is 421 g/mol. The standard InChI is InChI=1S/C30H32N2/c1-23(2)30(24-15-19-28(20-16-24)31(3)26-11-7-5-8-12-26)25-17-21-29(22-18-25)32(4)27-13-9-6-10-14-27/h5-23,30H,1-4H3. The maximum absolute atomic E-state index is 2.30. The van der Waals surface area contributed by atoms with E-state index >= 15 is 0 Å². The molecule has 2 heteroatoms. The van der Waals surface area contributed by atoms with E-state index in [9.17, 15) is 0 Å². The van der Waals surface area contributed by atoms with Crippen molar-refractivity contribution in [3.63, 3.8) is 0 Å². The fourth-order valence-electron chi connectivity index (χ4n) is 4.37. The molecule has 0 unspecified atom stereocenters. The van der Waals surface area contributed by atoms with Crippen molar-refractivity contribution in [1.29, 1.82) is 0 Å². The van der Waals surface area contributed by atoms with Crippen molar-refractivity contribution in [1.82, 2.24) is 0 Å². The monoisotopic (exact) mass is 420 g/mol. The van der Waals surface area contributed by atoms with Crippen molar-refractivity contribution in [2.24, 2.45) is 5.92 Å². The fourth-order valence-corrected chi connectivity index (χ4v) is 4.37. The molecule has 0 spiro atoms. The van der Waals surface area contributed by atoms with Gasteiger partial charge in [0.25, 0.3) is 0 Å². The smallest absolute Gasteiger partial charge is 0.0408 e. The average Bonchev–Trinajstić information content (AvgIpc) is 2.85. The Labute approximate surface area is 192 Å². The van der Waals surface area contributed by atoms with Crippen LogP contribution in [0.25, 0.3) is 0 Å². The maximum Gasteiger partial charge on any atom is 0.0408 e. The molecule has 0 aromatic heterocycles. The number of para-hydroxylation sites is 2. The predicted molar refractivity (Wildman–Crippen MR) is 139 cm³/mol. The molecule has 32 heavy (non-hydrogen) atoms. The van der Waals surface area contributed by atoms with Crippen molar-refractivity contribution < 1.29 is 0 Å². The van der Waals surface area contributed by atoms with E-state index in [4.69, 9.17) is 0 Å². The lowest BCUT2D eigenvalue weighted by atomic mass is 9.82. The van der Waals surface area contributed by atoms with Crippen LogP contribution < -0.4 is 9.80 Å². The molecule has 4 aromatic rings. The summed E-state index contributed by atoms with van der Waals surface area (Å²) < 4.78 is 0. The minimum atomic E-state index is 0.363. The van der Waals surface area contributed by atoms with Gasteiger partial charge in [0.05, 0.1) is 0 Å².